The Morgan fingerprint density at radius 2 is 1.55 bits per heavy atom. The second-order valence-corrected chi connectivity index (χ2v) is 10.8. The third-order valence-corrected chi connectivity index (χ3v) is 9.84. The van der Waals surface area contributed by atoms with Gasteiger partial charge in [0.1, 0.15) is 11.5 Å². The van der Waals surface area contributed by atoms with Gasteiger partial charge in [0, 0.05) is 61.0 Å². The molecule has 0 amide bonds. The Bertz CT molecular complexity index is 1240. The molecular formula is C22H12IrN2O2PS-. The van der Waals surface area contributed by atoms with E-state index in [-0.39, 0.29) is 20.1 Å². The van der Waals surface area contributed by atoms with E-state index in [0.717, 1.165) is 33.0 Å². The zero-order valence-corrected chi connectivity index (χ0v) is 18.9. The average Bonchev–Trinajstić information content (AvgIpc) is 2.74. The van der Waals surface area contributed by atoms with Gasteiger partial charge in [-0.2, -0.15) is 0 Å². The van der Waals surface area contributed by atoms with Crippen LogP contribution in [0.3, 0.4) is 0 Å². The smallest absolute Gasteiger partial charge is 0.133 e. The van der Waals surface area contributed by atoms with E-state index in [2.05, 4.69) is 28.2 Å². The number of ether oxygens (including phenoxy) is 2. The molecule has 7 heteroatoms. The minimum absolute atomic E-state index is 0. The Morgan fingerprint density at radius 1 is 0.862 bits per heavy atom. The quantitative estimate of drug-likeness (QED) is 0.215. The fourth-order valence-corrected chi connectivity index (χ4v) is 8.19. The Balaban J connectivity index is 0.00000181. The maximum absolute atomic E-state index is 6.42. The topological polar surface area (TPSA) is 44.2 Å². The number of rotatable bonds is 1. The van der Waals surface area contributed by atoms with E-state index in [1.165, 1.54) is 0 Å². The van der Waals surface area contributed by atoms with E-state index in [1.54, 1.807) is 18.6 Å². The molecule has 0 aliphatic carbocycles. The third-order valence-electron chi connectivity index (χ3n) is 4.97. The number of nitrogens with zero attached hydrogens (tertiary/aromatic N) is 2. The summed E-state index contributed by atoms with van der Waals surface area (Å²) in [6.45, 7) is 0. The van der Waals surface area contributed by atoms with Gasteiger partial charge in [0.15, 0.2) is 0 Å². The molecule has 1 unspecified atom stereocenters. The maximum atomic E-state index is 6.42. The van der Waals surface area contributed by atoms with E-state index in [1.807, 2.05) is 42.5 Å². The van der Waals surface area contributed by atoms with Crippen LogP contribution in [0.4, 0.5) is 0 Å². The minimum Gasteiger partial charge on any atom is -0.475 e. The fraction of sp³-hybridized carbons (Fsp3) is 0. The zero-order valence-electron chi connectivity index (χ0n) is 14.8. The zero-order chi connectivity index (χ0) is 18.7. The summed E-state index contributed by atoms with van der Waals surface area (Å²) in [5.74, 6) is 2.92. The predicted octanol–water partition coefficient (Wildman–Crippen LogP) is 3.91. The SMILES string of the molecule is S=P12c3ccccc3Oc3[c-]c(-c4cnccn4)cc(c31)Oc1ccccc12.[Ir]. The van der Waals surface area contributed by atoms with Crippen LogP contribution in [0, 0.1) is 6.07 Å². The van der Waals surface area contributed by atoms with Crippen LogP contribution in [0.15, 0.2) is 73.2 Å². The molecule has 3 aromatic carbocycles. The van der Waals surface area contributed by atoms with Gasteiger partial charge >= 0.3 is 0 Å². The molecule has 1 radical (unpaired) electrons. The Morgan fingerprint density at radius 3 is 2.24 bits per heavy atom. The van der Waals surface area contributed by atoms with Gasteiger partial charge < -0.3 is 14.5 Å². The van der Waals surface area contributed by atoms with Crippen molar-refractivity contribution in [2.24, 2.45) is 0 Å². The molecule has 0 saturated heterocycles. The Kier molecular flexibility index (Phi) is 4.41. The molecule has 29 heavy (non-hydrogen) atoms. The summed E-state index contributed by atoms with van der Waals surface area (Å²) >= 11 is 6.42. The molecule has 4 nitrogen and oxygen atoms in total. The Hall–Kier alpha value is -2.36. The second-order valence-electron chi connectivity index (χ2n) is 6.56. The van der Waals surface area contributed by atoms with Crippen molar-refractivity contribution in [2.45, 2.75) is 0 Å². The average molecular weight is 592 g/mol. The van der Waals surface area contributed by atoms with Gasteiger partial charge in [-0.25, -0.2) is 0 Å². The van der Waals surface area contributed by atoms with Crippen molar-refractivity contribution in [1.82, 2.24) is 9.97 Å². The van der Waals surface area contributed by atoms with E-state index in [9.17, 15) is 0 Å². The van der Waals surface area contributed by atoms with Gasteiger partial charge in [-0.05, 0) is 17.4 Å². The summed E-state index contributed by atoms with van der Waals surface area (Å²) in [6, 6.07) is 19.0. The van der Waals surface area contributed by atoms with Crippen LogP contribution < -0.4 is 25.4 Å². The van der Waals surface area contributed by atoms with Crippen molar-refractivity contribution in [3.8, 4) is 34.3 Å². The molecule has 143 valence electrons. The molecule has 2 aliphatic heterocycles. The van der Waals surface area contributed by atoms with Gasteiger partial charge in [0.05, 0.1) is 11.5 Å². The van der Waals surface area contributed by atoms with E-state index in [0.29, 0.717) is 17.2 Å². The first-order chi connectivity index (χ1) is 13.7. The van der Waals surface area contributed by atoms with Gasteiger partial charge in [0.2, 0.25) is 0 Å². The van der Waals surface area contributed by atoms with Crippen molar-refractivity contribution in [1.29, 1.82) is 0 Å². The van der Waals surface area contributed by atoms with Crippen LogP contribution in [0.2, 0.25) is 0 Å². The van der Waals surface area contributed by atoms with Crippen molar-refractivity contribution >= 4 is 33.8 Å². The van der Waals surface area contributed by atoms with Gasteiger partial charge in [-0.15, -0.1) is 5.56 Å². The standard InChI is InChI=1S/C22H12N2O2PS.Ir/c28-27-20-7-3-1-5-16(20)25-18-11-14(15-13-23-9-10-24-15)12-19(22(18)27)26-17-6-2-4-8-21(17)27;/h1-11,13H;/q-1;. The molecule has 6 rings (SSSR count). The van der Waals surface area contributed by atoms with Gasteiger partial charge in [-0.1, -0.05) is 60.3 Å². The minimum atomic E-state index is -2.31. The number of aromatic nitrogens is 2. The molecule has 4 aromatic rings. The van der Waals surface area contributed by atoms with E-state index in [4.69, 9.17) is 21.3 Å². The van der Waals surface area contributed by atoms with Crippen LogP contribution >= 0.6 is 6.04 Å². The molecule has 0 saturated carbocycles. The van der Waals surface area contributed by atoms with Gasteiger partial charge in [0.25, 0.3) is 0 Å². The number of para-hydroxylation sites is 2. The molecule has 0 spiro atoms. The normalized spacial score (nSPS) is 17.5. The van der Waals surface area contributed by atoms with E-state index < -0.39 is 6.04 Å². The monoisotopic (exact) mass is 592 g/mol. The largest absolute Gasteiger partial charge is 0.475 e. The van der Waals surface area contributed by atoms with Crippen LogP contribution in [0.5, 0.6) is 23.0 Å². The third kappa shape index (κ3) is 2.64. The number of hydrogen-bond donors (Lipinski definition) is 0. The molecule has 2 aliphatic rings. The maximum Gasteiger partial charge on any atom is 0.133 e. The first-order valence-electron chi connectivity index (χ1n) is 8.77. The molecule has 0 N–H and O–H groups in total. The summed E-state index contributed by atoms with van der Waals surface area (Å²) in [6.07, 6.45) is 5.00. The van der Waals surface area contributed by atoms with Crippen molar-refractivity contribution in [3.63, 3.8) is 0 Å². The van der Waals surface area contributed by atoms with Crippen molar-refractivity contribution in [3.05, 3.63) is 79.3 Å². The number of fused-ring (bicyclic) bond motifs is 4. The fourth-order valence-electron chi connectivity index (χ4n) is 3.76. The molecular weight excluding hydrogens is 580 g/mol. The summed E-state index contributed by atoms with van der Waals surface area (Å²) in [4.78, 5) is 8.56. The molecule has 3 heterocycles. The predicted molar refractivity (Wildman–Crippen MR) is 113 cm³/mol. The molecule has 0 fully saturated rings. The summed E-state index contributed by atoms with van der Waals surface area (Å²) in [5, 5.41) is 3.03. The van der Waals surface area contributed by atoms with Crippen LogP contribution in [-0.2, 0) is 31.9 Å². The van der Waals surface area contributed by atoms with Crippen molar-refractivity contribution < 1.29 is 29.6 Å². The first-order valence-corrected chi connectivity index (χ1v) is 11.6. The summed E-state index contributed by atoms with van der Waals surface area (Å²) in [5.41, 5.74) is 1.47. The van der Waals surface area contributed by atoms with Crippen LogP contribution in [0.25, 0.3) is 11.3 Å². The van der Waals surface area contributed by atoms with Gasteiger partial charge in [-0.3, -0.25) is 4.98 Å². The number of benzene rings is 3. The van der Waals surface area contributed by atoms with Crippen molar-refractivity contribution in [2.75, 3.05) is 0 Å². The Labute approximate surface area is 186 Å². The second kappa shape index (κ2) is 6.86. The molecule has 1 atom stereocenters. The molecule has 1 aromatic heterocycles. The van der Waals surface area contributed by atoms with Crippen LogP contribution in [0.1, 0.15) is 0 Å². The first kappa shape index (κ1) is 18.7. The molecule has 0 bridgehead atoms. The van der Waals surface area contributed by atoms with E-state index >= 15 is 0 Å². The van der Waals surface area contributed by atoms with Crippen LogP contribution in [-0.4, -0.2) is 9.97 Å². The number of hydrogen-bond acceptors (Lipinski definition) is 5. The summed E-state index contributed by atoms with van der Waals surface area (Å²) < 4.78 is 12.5. The summed E-state index contributed by atoms with van der Waals surface area (Å²) in [7, 11) is 0.